The van der Waals surface area contributed by atoms with Gasteiger partial charge in [0.2, 0.25) is 8.32 Å². The molecular formula is C19H23KO2SSi. The molecule has 0 unspecified atom stereocenters. The number of rotatable bonds is 4. The van der Waals surface area contributed by atoms with Crippen LogP contribution < -0.4 is 55.8 Å². The molecule has 122 valence electrons. The van der Waals surface area contributed by atoms with Crippen molar-refractivity contribution >= 4 is 27.2 Å². The van der Waals surface area contributed by atoms with E-state index in [0.29, 0.717) is 10.5 Å². The van der Waals surface area contributed by atoms with Crippen molar-refractivity contribution in [3.05, 3.63) is 48.0 Å². The first-order chi connectivity index (χ1) is 10.6. The summed E-state index contributed by atoms with van der Waals surface area (Å²) in [5, 5.41) is 0.155. The van der Waals surface area contributed by atoms with E-state index in [9.17, 15) is 4.79 Å². The van der Waals surface area contributed by atoms with Crippen LogP contribution in [0.1, 0.15) is 31.1 Å². The molecule has 0 saturated carbocycles. The number of carbonyl (C=O) groups excluding carboxylic acids is 1. The monoisotopic (exact) mass is 382 g/mol. The van der Waals surface area contributed by atoms with E-state index in [2.05, 4.69) is 33.9 Å². The second-order valence-corrected chi connectivity index (χ2v) is 12.4. The molecule has 0 heterocycles. The largest absolute Gasteiger partial charge is 1.00 e. The predicted octanol–water partition coefficient (Wildman–Crippen LogP) is 2.46. The van der Waals surface area contributed by atoms with Gasteiger partial charge in [-0.05, 0) is 47.0 Å². The first-order valence-corrected chi connectivity index (χ1v) is 11.0. The van der Waals surface area contributed by atoms with Crippen LogP contribution in [0.25, 0.3) is 11.1 Å². The van der Waals surface area contributed by atoms with Crippen LogP contribution in [-0.4, -0.2) is 14.6 Å². The van der Waals surface area contributed by atoms with E-state index in [4.69, 9.17) is 17.1 Å². The Hall–Kier alpha value is -0.0168. The Morgan fingerprint density at radius 2 is 1.67 bits per heavy atom. The summed E-state index contributed by atoms with van der Waals surface area (Å²) in [5.41, 5.74) is 2.60. The van der Waals surface area contributed by atoms with Crippen molar-refractivity contribution < 1.29 is 60.6 Å². The minimum Gasteiger partial charge on any atom is -0.779 e. The van der Waals surface area contributed by atoms with Gasteiger partial charge in [0.1, 0.15) is 12.0 Å². The molecule has 0 atom stereocenters. The summed E-state index contributed by atoms with van der Waals surface area (Å²) in [4.78, 5) is 11.5. The number of hydrogen-bond donors (Lipinski definition) is 0. The topological polar surface area (TPSA) is 26.3 Å². The summed E-state index contributed by atoms with van der Waals surface area (Å²) in [6.07, 6.45) is 0.795. The molecule has 2 nitrogen and oxygen atoms in total. The Kier molecular flexibility index (Phi) is 7.87. The third-order valence-electron chi connectivity index (χ3n) is 4.49. The van der Waals surface area contributed by atoms with E-state index in [-0.39, 0.29) is 56.4 Å². The smallest absolute Gasteiger partial charge is 0.779 e. The fraction of sp³-hybridized carbons (Fsp3) is 0.316. The van der Waals surface area contributed by atoms with Crippen LogP contribution in [-0.2, 0) is 12.6 Å². The standard InChI is InChI=1S/C19H24O2SSi.K/c1-19(2,3)23(4,5)21-17-8-6-7-14(11-17)15-9-10-16(13-20)18(22)12-15;/h6-13,22H,1-5H3;/q;+1/p-1. The number of aldehydes is 1. The maximum Gasteiger partial charge on any atom is 1.00 e. The molecule has 2 aromatic carbocycles. The van der Waals surface area contributed by atoms with Gasteiger partial charge < -0.3 is 17.1 Å². The zero-order valence-electron chi connectivity index (χ0n) is 15.3. The number of hydrogen-bond acceptors (Lipinski definition) is 3. The molecular weight excluding hydrogens is 359 g/mol. The minimum atomic E-state index is -1.86. The Labute approximate surface area is 194 Å². The Bertz CT molecular complexity index is 724. The average Bonchev–Trinajstić information content (AvgIpc) is 2.45. The Morgan fingerprint density at radius 3 is 2.21 bits per heavy atom. The van der Waals surface area contributed by atoms with E-state index >= 15 is 0 Å². The quantitative estimate of drug-likeness (QED) is 0.462. The fourth-order valence-corrected chi connectivity index (χ4v) is 3.26. The van der Waals surface area contributed by atoms with Gasteiger partial charge in [-0.2, -0.15) is 4.90 Å². The van der Waals surface area contributed by atoms with Crippen LogP contribution in [0, 0.1) is 0 Å². The maximum atomic E-state index is 10.9. The fourth-order valence-electron chi connectivity index (χ4n) is 2.00. The van der Waals surface area contributed by atoms with Gasteiger partial charge in [0.15, 0.2) is 0 Å². The zero-order chi connectivity index (χ0) is 17.3. The summed E-state index contributed by atoms with van der Waals surface area (Å²) in [6, 6.07) is 13.6. The van der Waals surface area contributed by atoms with Crippen molar-refractivity contribution in [2.24, 2.45) is 0 Å². The van der Waals surface area contributed by atoms with E-state index in [1.54, 1.807) is 6.07 Å². The molecule has 0 aliphatic carbocycles. The summed E-state index contributed by atoms with van der Waals surface area (Å²) in [7, 11) is -1.86. The molecule has 5 heteroatoms. The van der Waals surface area contributed by atoms with Gasteiger partial charge in [0.25, 0.3) is 0 Å². The zero-order valence-corrected chi connectivity index (χ0v) is 20.3. The van der Waals surface area contributed by atoms with E-state index in [0.717, 1.165) is 23.2 Å². The summed E-state index contributed by atoms with van der Waals surface area (Å²) >= 11 is 5.25. The second-order valence-electron chi connectivity index (χ2n) is 7.26. The molecule has 0 aromatic heterocycles. The first-order valence-electron chi connectivity index (χ1n) is 7.70. The van der Waals surface area contributed by atoms with Crippen molar-refractivity contribution in [3.8, 4) is 16.9 Å². The summed E-state index contributed by atoms with van der Waals surface area (Å²) < 4.78 is 6.36. The minimum absolute atomic E-state index is 0. The van der Waals surface area contributed by atoms with Crippen molar-refractivity contribution in [1.82, 2.24) is 0 Å². The number of carbonyl (C=O) groups is 1. The molecule has 0 spiro atoms. The van der Waals surface area contributed by atoms with Gasteiger partial charge in [-0.3, -0.25) is 4.79 Å². The third-order valence-corrected chi connectivity index (χ3v) is 9.20. The molecule has 24 heavy (non-hydrogen) atoms. The van der Waals surface area contributed by atoms with Crippen LogP contribution in [0.2, 0.25) is 18.1 Å². The van der Waals surface area contributed by atoms with Crippen molar-refractivity contribution in [1.29, 1.82) is 0 Å². The molecule has 0 fully saturated rings. The predicted molar refractivity (Wildman–Crippen MR) is 101 cm³/mol. The molecule has 0 radical (unpaired) electrons. The summed E-state index contributed by atoms with van der Waals surface area (Å²) in [6.45, 7) is 11.2. The van der Waals surface area contributed by atoms with Gasteiger partial charge in [0, 0.05) is 0 Å². The van der Waals surface area contributed by atoms with Crippen LogP contribution >= 0.6 is 0 Å². The molecule has 0 N–H and O–H groups in total. The molecule has 0 aliphatic rings. The maximum absolute atomic E-state index is 10.9. The van der Waals surface area contributed by atoms with Gasteiger partial charge in [0.05, 0.1) is 0 Å². The van der Waals surface area contributed by atoms with Gasteiger partial charge in [-0.25, -0.2) is 0 Å². The van der Waals surface area contributed by atoms with Crippen LogP contribution in [0.3, 0.4) is 0 Å². The molecule has 0 amide bonds. The van der Waals surface area contributed by atoms with Gasteiger partial charge in [-0.1, -0.05) is 51.1 Å². The van der Waals surface area contributed by atoms with Crippen molar-refractivity contribution in [2.75, 3.05) is 0 Å². The van der Waals surface area contributed by atoms with E-state index in [1.165, 1.54) is 0 Å². The van der Waals surface area contributed by atoms with Crippen LogP contribution in [0.15, 0.2) is 47.4 Å². The van der Waals surface area contributed by atoms with Crippen LogP contribution in [0.4, 0.5) is 0 Å². The van der Waals surface area contributed by atoms with Gasteiger partial charge >= 0.3 is 51.4 Å². The summed E-state index contributed by atoms with van der Waals surface area (Å²) in [5.74, 6) is 0.888. The molecule has 2 rings (SSSR count). The van der Waals surface area contributed by atoms with Crippen molar-refractivity contribution in [3.63, 3.8) is 0 Å². The second kappa shape index (κ2) is 8.58. The first kappa shape index (κ1) is 22.0. The Balaban J connectivity index is 0.00000288. The Morgan fingerprint density at radius 1 is 1.04 bits per heavy atom. The van der Waals surface area contributed by atoms with E-state index in [1.807, 2.05) is 36.4 Å². The van der Waals surface area contributed by atoms with Crippen LogP contribution in [0.5, 0.6) is 5.75 Å². The average molecular weight is 383 g/mol. The normalized spacial score (nSPS) is 11.5. The third kappa shape index (κ3) is 5.24. The molecule has 0 saturated heterocycles. The van der Waals surface area contributed by atoms with E-state index < -0.39 is 8.32 Å². The molecule has 2 aromatic rings. The van der Waals surface area contributed by atoms with Crippen molar-refractivity contribution in [2.45, 2.75) is 43.8 Å². The SMILES string of the molecule is CC(C)(C)[Si](C)(C)Oc1cccc(-c2ccc(C=O)c([S-])c2)c1.[K+]. The number of benzene rings is 2. The molecule has 0 bridgehead atoms. The van der Waals surface area contributed by atoms with Gasteiger partial charge in [-0.15, -0.1) is 0 Å². The molecule has 0 aliphatic heterocycles.